The third-order valence-corrected chi connectivity index (χ3v) is 4.72. The number of thioether (sulfide) groups is 1. The first-order valence-electron chi connectivity index (χ1n) is 6.87. The van der Waals surface area contributed by atoms with Crippen molar-refractivity contribution in [3.63, 3.8) is 0 Å². The lowest BCUT2D eigenvalue weighted by Gasteiger charge is -2.19. The average molecular weight is 288 g/mol. The van der Waals surface area contributed by atoms with Crippen LogP contribution in [0.4, 0.5) is 0 Å². The SMILES string of the molecule is CSC1CCCC1NC(=O)c1ccc(C#CCN)cc1. The molecule has 0 aliphatic heterocycles. The molecule has 1 aliphatic carbocycles. The van der Waals surface area contributed by atoms with Gasteiger partial charge in [0.2, 0.25) is 0 Å². The zero-order valence-corrected chi connectivity index (χ0v) is 12.5. The van der Waals surface area contributed by atoms with Crippen molar-refractivity contribution in [1.29, 1.82) is 0 Å². The summed E-state index contributed by atoms with van der Waals surface area (Å²) in [6, 6.07) is 7.66. The minimum Gasteiger partial charge on any atom is -0.348 e. The molecule has 4 heteroatoms. The van der Waals surface area contributed by atoms with Crippen LogP contribution in [-0.2, 0) is 0 Å². The van der Waals surface area contributed by atoms with Gasteiger partial charge in [0.15, 0.2) is 0 Å². The van der Waals surface area contributed by atoms with Crippen LogP contribution < -0.4 is 11.1 Å². The second-order valence-corrected chi connectivity index (χ2v) is 5.95. The number of nitrogens with one attached hydrogen (secondary N) is 1. The number of hydrogen-bond acceptors (Lipinski definition) is 3. The van der Waals surface area contributed by atoms with Crippen LogP contribution in [0.2, 0.25) is 0 Å². The summed E-state index contributed by atoms with van der Waals surface area (Å²) in [5.74, 6) is 5.76. The topological polar surface area (TPSA) is 55.1 Å². The second-order valence-electron chi connectivity index (χ2n) is 4.87. The van der Waals surface area contributed by atoms with Gasteiger partial charge in [-0.2, -0.15) is 11.8 Å². The number of carbonyl (C=O) groups excluding carboxylic acids is 1. The van der Waals surface area contributed by atoms with Crippen LogP contribution in [0.15, 0.2) is 24.3 Å². The molecule has 0 bridgehead atoms. The highest BCUT2D eigenvalue weighted by molar-refractivity contribution is 7.99. The van der Waals surface area contributed by atoms with Crippen molar-refractivity contribution in [2.24, 2.45) is 5.73 Å². The van der Waals surface area contributed by atoms with Crippen molar-refractivity contribution in [2.45, 2.75) is 30.6 Å². The van der Waals surface area contributed by atoms with E-state index in [2.05, 4.69) is 23.4 Å². The van der Waals surface area contributed by atoms with Gasteiger partial charge in [-0.05, 0) is 43.4 Å². The number of carbonyl (C=O) groups is 1. The van der Waals surface area contributed by atoms with Gasteiger partial charge < -0.3 is 11.1 Å². The Morgan fingerprint density at radius 2 is 2.15 bits per heavy atom. The zero-order chi connectivity index (χ0) is 14.4. The first kappa shape index (κ1) is 15.0. The lowest BCUT2D eigenvalue weighted by molar-refractivity contribution is 0.0938. The molecule has 1 aromatic rings. The van der Waals surface area contributed by atoms with Crippen LogP contribution in [0.3, 0.4) is 0 Å². The molecule has 1 aromatic carbocycles. The zero-order valence-electron chi connectivity index (χ0n) is 11.7. The monoisotopic (exact) mass is 288 g/mol. The largest absolute Gasteiger partial charge is 0.348 e. The van der Waals surface area contributed by atoms with Crippen molar-refractivity contribution < 1.29 is 4.79 Å². The molecular formula is C16H20N2OS. The summed E-state index contributed by atoms with van der Waals surface area (Å²) in [4.78, 5) is 12.2. The standard InChI is InChI=1S/C16H20N2OS/c1-20-15-6-2-5-14(15)18-16(19)13-9-7-12(8-10-13)4-3-11-17/h7-10,14-15H,2,5-6,11,17H2,1H3,(H,18,19). The number of rotatable bonds is 3. The third-order valence-electron chi connectivity index (χ3n) is 3.55. The van der Waals surface area contributed by atoms with E-state index in [0.717, 1.165) is 12.0 Å². The molecule has 0 spiro atoms. The van der Waals surface area contributed by atoms with Crippen molar-refractivity contribution >= 4 is 17.7 Å². The van der Waals surface area contributed by atoms with Gasteiger partial charge in [0, 0.05) is 22.4 Å². The second kappa shape index (κ2) is 7.37. The minimum absolute atomic E-state index is 0.00860. The van der Waals surface area contributed by atoms with Gasteiger partial charge in [-0.1, -0.05) is 18.3 Å². The van der Waals surface area contributed by atoms with Crippen LogP contribution in [0.1, 0.15) is 35.2 Å². The van der Waals surface area contributed by atoms with Crippen LogP contribution in [-0.4, -0.2) is 30.0 Å². The lowest BCUT2D eigenvalue weighted by atomic mass is 10.1. The molecule has 3 N–H and O–H groups in total. The van der Waals surface area contributed by atoms with Gasteiger partial charge in [0.25, 0.3) is 5.91 Å². The van der Waals surface area contributed by atoms with E-state index in [9.17, 15) is 4.79 Å². The van der Waals surface area contributed by atoms with Crippen molar-refractivity contribution in [3.8, 4) is 11.8 Å². The van der Waals surface area contributed by atoms with E-state index >= 15 is 0 Å². The van der Waals surface area contributed by atoms with E-state index in [4.69, 9.17) is 5.73 Å². The van der Waals surface area contributed by atoms with Crippen LogP contribution in [0.25, 0.3) is 0 Å². The Balaban J connectivity index is 1.98. The van der Waals surface area contributed by atoms with Crippen LogP contribution in [0.5, 0.6) is 0 Å². The average Bonchev–Trinajstić information content (AvgIpc) is 2.92. The van der Waals surface area contributed by atoms with Gasteiger partial charge in [-0.25, -0.2) is 0 Å². The first-order chi connectivity index (χ1) is 9.74. The molecule has 1 fully saturated rings. The quantitative estimate of drug-likeness (QED) is 0.837. The maximum absolute atomic E-state index is 12.2. The Hall–Kier alpha value is -1.44. The normalized spacial score (nSPS) is 21.1. The molecule has 1 amide bonds. The fourth-order valence-corrected chi connectivity index (χ4v) is 3.42. The number of amides is 1. The Labute approximate surface area is 124 Å². The molecule has 2 rings (SSSR count). The van der Waals surface area contributed by atoms with E-state index in [0.29, 0.717) is 23.4 Å². The first-order valence-corrected chi connectivity index (χ1v) is 8.16. The van der Waals surface area contributed by atoms with E-state index in [1.54, 1.807) is 0 Å². The predicted octanol–water partition coefficient (Wildman–Crippen LogP) is 2.01. The van der Waals surface area contributed by atoms with E-state index in [1.807, 2.05) is 36.0 Å². The molecule has 0 aromatic heterocycles. The van der Waals surface area contributed by atoms with Gasteiger partial charge in [0.1, 0.15) is 0 Å². The maximum atomic E-state index is 12.2. The highest BCUT2D eigenvalue weighted by Crippen LogP contribution is 2.28. The molecule has 20 heavy (non-hydrogen) atoms. The molecule has 1 saturated carbocycles. The summed E-state index contributed by atoms with van der Waals surface area (Å²) in [6.07, 6.45) is 5.58. The summed E-state index contributed by atoms with van der Waals surface area (Å²) in [5.41, 5.74) is 6.91. The van der Waals surface area contributed by atoms with E-state index < -0.39 is 0 Å². The minimum atomic E-state index is 0.00860. The van der Waals surface area contributed by atoms with Crippen LogP contribution >= 0.6 is 11.8 Å². The molecule has 2 atom stereocenters. The highest BCUT2D eigenvalue weighted by atomic mass is 32.2. The van der Waals surface area contributed by atoms with Crippen LogP contribution in [0, 0.1) is 11.8 Å². The number of hydrogen-bond donors (Lipinski definition) is 2. The Morgan fingerprint density at radius 1 is 1.40 bits per heavy atom. The van der Waals surface area contributed by atoms with Gasteiger partial charge >= 0.3 is 0 Å². The highest BCUT2D eigenvalue weighted by Gasteiger charge is 2.27. The molecule has 2 unspecified atom stereocenters. The number of nitrogens with two attached hydrogens (primary N) is 1. The summed E-state index contributed by atoms with van der Waals surface area (Å²) in [5, 5.41) is 3.69. The molecule has 0 radical (unpaired) electrons. The predicted molar refractivity (Wildman–Crippen MR) is 84.8 cm³/mol. The summed E-state index contributed by atoms with van der Waals surface area (Å²) < 4.78 is 0. The Morgan fingerprint density at radius 3 is 2.80 bits per heavy atom. The van der Waals surface area contributed by atoms with E-state index in [1.165, 1.54) is 12.8 Å². The molecule has 106 valence electrons. The summed E-state index contributed by atoms with van der Waals surface area (Å²) in [7, 11) is 0. The molecule has 0 saturated heterocycles. The molecule has 1 aliphatic rings. The van der Waals surface area contributed by atoms with Gasteiger partial charge in [-0.3, -0.25) is 4.79 Å². The van der Waals surface area contributed by atoms with E-state index in [-0.39, 0.29) is 5.91 Å². The fraction of sp³-hybridized carbons (Fsp3) is 0.438. The van der Waals surface area contributed by atoms with Crippen molar-refractivity contribution in [1.82, 2.24) is 5.32 Å². The maximum Gasteiger partial charge on any atom is 0.251 e. The smallest absolute Gasteiger partial charge is 0.251 e. The lowest BCUT2D eigenvalue weighted by Crippen LogP contribution is -2.38. The van der Waals surface area contributed by atoms with Crippen molar-refractivity contribution in [3.05, 3.63) is 35.4 Å². The number of benzene rings is 1. The fourth-order valence-electron chi connectivity index (χ4n) is 2.48. The molecule has 0 heterocycles. The van der Waals surface area contributed by atoms with Crippen molar-refractivity contribution in [2.75, 3.05) is 12.8 Å². The third kappa shape index (κ3) is 3.78. The summed E-state index contributed by atoms with van der Waals surface area (Å²) >= 11 is 1.84. The molecule has 3 nitrogen and oxygen atoms in total. The van der Waals surface area contributed by atoms with Gasteiger partial charge in [-0.15, -0.1) is 0 Å². The molecular weight excluding hydrogens is 268 g/mol. The Bertz CT molecular complexity index is 516. The summed E-state index contributed by atoms with van der Waals surface area (Å²) in [6.45, 7) is 0.347. The van der Waals surface area contributed by atoms with Gasteiger partial charge in [0.05, 0.1) is 6.54 Å². The Kier molecular flexibility index (Phi) is 5.51.